The van der Waals surface area contributed by atoms with Crippen LogP contribution in [0.3, 0.4) is 0 Å². The van der Waals surface area contributed by atoms with E-state index in [0.717, 1.165) is 5.56 Å². The van der Waals surface area contributed by atoms with Crippen LogP contribution in [0.1, 0.15) is 22.0 Å². The number of benzene rings is 2. The van der Waals surface area contributed by atoms with Gasteiger partial charge in [-0.2, -0.15) is 0 Å². The van der Waals surface area contributed by atoms with Gasteiger partial charge in [0.2, 0.25) is 5.91 Å². The number of nitrogens with one attached hydrogen (secondary N) is 1. The average molecular weight is 315 g/mol. The lowest BCUT2D eigenvalue weighted by molar-refractivity contribution is -0.128. The predicted octanol–water partition coefficient (Wildman–Crippen LogP) is 2.65. The molecule has 1 aliphatic heterocycles. The van der Waals surface area contributed by atoms with Crippen molar-refractivity contribution in [3.8, 4) is 0 Å². The Morgan fingerprint density at radius 3 is 2.45 bits per heavy atom. The van der Waals surface area contributed by atoms with Gasteiger partial charge in [0.15, 0.2) is 0 Å². The van der Waals surface area contributed by atoms with E-state index >= 15 is 0 Å². The molecule has 2 aromatic rings. The van der Waals surface area contributed by atoms with Gasteiger partial charge in [0.1, 0.15) is 6.04 Å². The fourth-order valence-corrected chi connectivity index (χ4v) is 2.73. The molecular formula is C17H15ClN2O2. The zero-order chi connectivity index (χ0) is 15.5. The molecule has 1 heterocycles. The minimum atomic E-state index is -0.626. The number of carbonyl (C=O) groups excluding carboxylic acids is 2. The van der Waals surface area contributed by atoms with Crippen LogP contribution in [0, 0.1) is 0 Å². The molecule has 1 N–H and O–H groups in total. The summed E-state index contributed by atoms with van der Waals surface area (Å²) in [5.41, 5.74) is 1.34. The Labute approximate surface area is 133 Å². The van der Waals surface area contributed by atoms with Gasteiger partial charge in [-0.3, -0.25) is 9.59 Å². The van der Waals surface area contributed by atoms with Gasteiger partial charge >= 0.3 is 0 Å². The number of halogens is 1. The second-order valence-corrected chi connectivity index (χ2v) is 5.55. The maximum Gasteiger partial charge on any atom is 0.254 e. The van der Waals surface area contributed by atoms with Crippen molar-refractivity contribution < 1.29 is 9.59 Å². The molecule has 1 saturated heterocycles. The number of piperazine rings is 1. The SMILES string of the molecule is O=C1NCCN(C(=O)c2ccccc2)C1c1ccc(Cl)cc1. The summed E-state index contributed by atoms with van der Waals surface area (Å²) in [6.45, 7) is 0.939. The van der Waals surface area contributed by atoms with Crippen molar-refractivity contribution in [3.63, 3.8) is 0 Å². The van der Waals surface area contributed by atoms with Crippen LogP contribution < -0.4 is 5.32 Å². The van der Waals surface area contributed by atoms with E-state index in [-0.39, 0.29) is 11.8 Å². The highest BCUT2D eigenvalue weighted by Gasteiger charge is 2.34. The first-order chi connectivity index (χ1) is 10.7. The zero-order valence-corrected chi connectivity index (χ0v) is 12.6. The van der Waals surface area contributed by atoms with E-state index in [1.54, 1.807) is 41.3 Å². The first kappa shape index (κ1) is 14.6. The van der Waals surface area contributed by atoms with Crippen LogP contribution in [0.4, 0.5) is 0 Å². The molecule has 1 aliphatic rings. The maximum atomic E-state index is 12.7. The van der Waals surface area contributed by atoms with Crippen molar-refractivity contribution in [1.82, 2.24) is 10.2 Å². The number of amides is 2. The number of carbonyl (C=O) groups is 2. The van der Waals surface area contributed by atoms with E-state index in [1.165, 1.54) is 0 Å². The van der Waals surface area contributed by atoms with Crippen LogP contribution in [0.5, 0.6) is 0 Å². The predicted molar refractivity (Wildman–Crippen MR) is 84.7 cm³/mol. The van der Waals surface area contributed by atoms with Gasteiger partial charge in [-0.05, 0) is 29.8 Å². The van der Waals surface area contributed by atoms with Crippen molar-refractivity contribution >= 4 is 23.4 Å². The molecule has 2 amide bonds. The zero-order valence-electron chi connectivity index (χ0n) is 11.8. The summed E-state index contributed by atoms with van der Waals surface area (Å²) < 4.78 is 0. The minimum Gasteiger partial charge on any atom is -0.352 e. The van der Waals surface area contributed by atoms with Gasteiger partial charge in [0.05, 0.1) is 0 Å². The largest absolute Gasteiger partial charge is 0.352 e. The quantitative estimate of drug-likeness (QED) is 0.926. The van der Waals surface area contributed by atoms with Gasteiger partial charge in [-0.15, -0.1) is 0 Å². The van der Waals surface area contributed by atoms with Gasteiger partial charge in [-0.1, -0.05) is 41.9 Å². The monoisotopic (exact) mass is 314 g/mol. The topological polar surface area (TPSA) is 49.4 Å². The third kappa shape index (κ3) is 2.83. The van der Waals surface area contributed by atoms with Crippen molar-refractivity contribution in [3.05, 3.63) is 70.7 Å². The summed E-state index contributed by atoms with van der Waals surface area (Å²) >= 11 is 5.90. The van der Waals surface area contributed by atoms with E-state index in [0.29, 0.717) is 23.7 Å². The Kier molecular flexibility index (Phi) is 4.11. The van der Waals surface area contributed by atoms with E-state index < -0.39 is 6.04 Å². The van der Waals surface area contributed by atoms with Crippen LogP contribution in [0.15, 0.2) is 54.6 Å². The molecule has 0 aromatic heterocycles. The summed E-state index contributed by atoms with van der Waals surface area (Å²) in [4.78, 5) is 26.6. The third-order valence-corrected chi connectivity index (χ3v) is 3.93. The highest BCUT2D eigenvalue weighted by atomic mass is 35.5. The Morgan fingerprint density at radius 1 is 1.09 bits per heavy atom. The summed E-state index contributed by atoms with van der Waals surface area (Å²) in [6, 6.07) is 15.4. The van der Waals surface area contributed by atoms with Gasteiger partial charge in [0.25, 0.3) is 5.91 Å². The average Bonchev–Trinajstić information content (AvgIpc) is 2.56. The van der Waals surface area contributed by atoms with E-state index in [1.807, 2.05) is 18.2 Å². The fourth-order valence-electron chi connectivity index (χ4n) is 2.61. The number of rotatable bonds is 2. The standard InChI is InChI=1S/C17H15ClN2O2/c18-14-8-6-12(7-9-14)15-16(21)19-10-11-20(15)17(22)13-4-2-1-3-5-13/h1-9,15H,10-11H2,(H,19,21). The number of nitrogens with zero attached hydrogens (tertiary/aromatic N) is 1. The molecule has 2 aromatic carbocycles. The molecule has 4 nitrogen and oxygen atoms in total. The summed E-state index contributed by atoms with van der Waals surface area (Å²) in [5.74, 6) is -0.312. The van der Waals surface area contributed by atoms with Gasteiger partial charge < -0.3 is 10.2 Å². The lowest BCUT2D eigenvalue weighted by atomic mass is 10.0. The summed E-state index contributed by atoms with van der Waals surface area (Å²) in [5, 5.41) is 3.41. The van der Waals surface area contributed by atoms with Crippen molar-refractivity contribution in [2.45, 2.75) is 6.04 Å². The Morgan fingerprint density at radius 2 is 1.77 bits per heavy atom. The van der Waals surface area contributed by atoms with E-state index in [9.17, 15) is 9.59 Å². The highest BCUT2D eigenvalue weighted by molar-refractivity contribution is 6.30. The molecule has 112 valence electrons. The Balaban J connectivity index is 1.95. The maximum absolute atomic E-state index is 12.7. The van der Waals surface area contributed by atoms with Gasteiger partial charge in [-0.25, -0.2) is 0 Å². The minimum absolute atomic E-state index is 0.143. The van der Waals surface area contributed by atoms with Gasteiger partial charge in [0, 0.05) is 23.7 Å². The smallest absolute Gasteiger partial charge is 0.254 e. The normalized spacial score (nSPS) is 18.0. The van der Waals surface area contributed by atoms with Crippen molar-refractivity contribution in [1.29, 1.82) is 0 Å². The number of hydrogen-bond acceptors (Lipinski definition) is 2. The molecular weight excluding hydrogens is 300 g/mol. The lowest BCUT2D eigenvalue weighted by Gasteiger charge is -2.35. The first-order valence-corrected chi connectivity index (χ1v) is 7.44. The molecule has 0 bridgehead atoms. The lowest BCUT2D eigenvalue weighted by Crippen LogP contribution is -2.52. The van der Waals surface area contributed by atoms with Crippen molar-refractivity contribution in [2.75, 3.05) is 13.1 Å². The molecule has 0 aliphatic carbocycles. The molecule has 1 fully saturated rings. The van der Waals surface area contributed by atoms with Crippen LogP contribution >= 0.6 is 11.6 Å². The van der Waals surface area contributed by atoms with Crippen LogP contribution in [-0.4, -0.2) is 29.8 Å². The van der Waals surface area contributed by atoms with Crippen LogP contribution in [0.25, 0.3) is 0 Å². The number of hydrogen-bond donors (Lipinski definition) is 1. The van der Waals surface area contributed by atoms with Crippen molar-refractivity contribution in [2.24, 2.45) is 0 Å². The molecule has 5 heteroatoms. The van der Waals surface area contributed by atoms with Crippen LogP contribution in [0.2, 0.25) is 5.02 Å². The van der Waals surface area contributed by atoms with Crippen LogP contribution in [-0.2, 0) is 4.79 Å². The molecule has 0 saturated carbocycles. The second kappa shape index (κ2) is 6.20. The molecule has 22 heavy (non-hydrogen) atoms. The molecule has 3 rings (SSSR count). The molecule has 0 spiro atoms. The molecule has 1 unspecified atom stereocenters. The summed E-state index contributed by atoms with van der Waals surface area (Å²) in [7, 11) is 0. The summed E-state index contributed by atoms with van der Waals surface area (Å²) in [6.07, 6.45) is 0. The Bertz CT molecular complexity index is 686. The third-order valence-electron chi connectivity index (χ3n) is 3.68. The van der Waals surface area contributed by atoms with E-state index in [4.69, 9.17) is 11.6 Å². The first-order valence-electron chi connectivity index (χ1n) is 7.06. The molecule has 1 atom stereocenters. The second-order valence-electron chi connectivity index (χ2n) is 5.11. The highest BCUT2D eigenvalue weighted by Crippen LogP contribution is 2.26. The molecule has 0 radical (unpaired) electrons. The van der Waals surface area contributed by atoms with E-state index in [2.05, 4.69) is 5.32 Å². The fraction of sp³-hybridized carbons (Fsp3) is 0.176. The Hall–Kier alpha value is -2.33.